The quantitative estimate of drug-likeness (QED) is 0.852. The molecule has 0 unspecified atom stereocenters. The highest BCUT2D eigenvalue weighted by molar-refractivity contribution is 5.92. The van der Waals surface area contributed by atoms with E-state index in [9.17, 15) is 4.79 Å². The summed E-state index contributed by atoms with van der Waals surface area (Å²) >= 11 is 0. The number of hydrogen-bond donors (Lipinski definition) is 0. The van der Waals surface area contributed by atoms with Gasteiger partial charge in [-0.1, -0.05) is 25.7 Å². The summed E-state index contributed by atoms with van der Waals surface area (Å²) in [6.45, 7) is 3.30. The van der Waals surface area contributed by atoms with E-state index in [0.29, 0.717) is 0 Å². The number of nitrogens with zero attached hydrogens (tertiary/aromatic N) is 3. The van der Waals surface area contributed by atoms with E-state index in [4.69, 9.17) is 0 Å². The lowest BCUT2D eigenvalue weighted by Crippen LogP contribution is -2.58. The highest BCUT2D eigenvalue weighted by Crippen LogP contribution is 2.36. The Bertz CT molecular complexity index is 524. The highest BCUT2D eigenvalue weighted by Gasteiger charge is 2.40. The van der Waals surface area contributed by atoms with Gasteiger partial charge >= 0.3 is 0 Å². The van der Waals surface area contributed by atoms with Gasteiger partial charge < -0.3 is 9.47 Å². The molecule has 2 aliphatic rings. The van der Waals surface area contributed by atoms with Crippen LogP contribution in [0.3, 0.4) is 0 Å². The third-order valence-corrected chi connectivity index (χ3v) is 5.85. The normalized spacial score (nSPS) is 22.0. The van der Waals surface area contributed by atoms with Crippen LogP contribution in [-0.2, 0) is 7.05 Å². The summed E-state index contributed by atoms with van der Waals surface area (Å²) in [6, 6.07) is 3.87. The number of amides is 1. The van der Waals surface area contributed by atoms with Crippen LogP contribution in [0, 0.1) is 0 Å². The van der Waals surface area contributed by atoms with Gasteiger partial charge in [0.2, 0.25) is 0 Å². The smallest absolute Gasteiger partial charge is 0.270 e. The molecule has 0 radical (unpaired) electrons. The van der Waals surface area contributed by atoms with Gasteiger partial charge in [-0.25, -0.2) is 0 Å². The topological polar surface area (TPSA) is 28.5 Å². The first kappa shape index (κ1) is 16.6. The Balaban J connectivity index is 1.75. The lowest BCUT2D eigenvalue weighted by Gasteiger charge is -2.49. The maximum Gasteiger partial charge on any atom is 0.270 e. The number of rotatable bonds is 4. The summed E-state index contributed by atoms with van der Waals surface area (Å²) in [5.41, 5.74) is 1.01. The number of aryl methyl sites for hydroxylation is 1. The third kappa shape index (κ3) is 3.47. The highest BCUT2D eigenvalue weighted by atomic mass is 16.2. The van der Waals surface area contributed by atoms with Crippen molar-refractivity contribution >= 4 is 5.91 Å². The number of carbonyl (C=O) groups is 1. The van der Waals surface area contributed by atoms with Crippen LogP contribution in [0.4, 0.5) is 0 Å². The zero-order valence-corrected chi connectivity index (χ0v) is 14.8. The fraction of sp³-hybridized carbons (Fsp3) is 0.737. The zero-order chi connectivity index (χ0) is 16.3. The number of carbonyl (C=O) groups excluding carboxylic acids is 1. The second-order valence-electron chi connectivity index (χ2n) is 7.50. The van der Waals surface area contributed by atoms with E-state index in [-0.39, 0.29) is 11.4 Å². The molecule has 2 fully saturated rings. The van der Waals surface area contributed by atoms with Crippen molar-refractivity contribution in [2.24, 2.45) is 7.05 Å². The number of hydrogen-bond acceptors (Lipinski definition) is 2. The first-order valence-electron chi connectivity index (χ1n) is 9.24. The van der Waals surface area contributed by atoms with Crippen molar-refractivity contribution in [2.45, 2.75) is 56.9 Å². The van der Waals surface area contributed by atoms with E-state index in [2.05, 4.69) is 4.90 Å². The SMILES string of the molecule is CN(CC1(N2CCCCC2)CCCCC1)C(=O)c1cccn1C. The molecular weight excluding hydrogens is 286 g/mol. The average molecular weight is 317 g/mol. The van der Waals surface area contributed by atoms with Crippen LogP contribution in [0.1, 0.15) is 61.9 Å². The van der Waals surface area contributed by atoms with E-state index >= 15 is 0 Å². The van der Waals surface area contributed by atoms with Crippen LogP contribution in [-0.4, -0.2) is 52.5 Å². The third-order valence-electron chi connectivity index (χ3n) is 5.85. The second kappa shape index (κ2) is 7.08. The number of likely N-dealkylation sites (N-methyl/N-ethyl adjacent to an activating group) is 1. The summed E-state index contributed by atoms with van der Waals surface area (Å²) in [7, 11) is 3.93. The van der Waals surface area contributed by atoms with E-state index in [1.165, 1.54) is 64.5 Å². The van der Waals surface area contributed by atoms with Crippen molar-refractivity contribution in [1.82, 2.24) is 14.4 Å². The maximum atomic E-state index is 12.8. The van der Waals surface area contributed by atoms with Crippen molar-refractivity contribution in [2.75, 3.05) is 26.7 Å². The van der Waals surface area contributed by atoms with Gasteiger partial charge in [0.1, 0.15) is 5.69 Å². The minimum Gasteiger partial charge on any atom is -0.347 e. The number of likely N-dealkylation sites (tertiary alicyclic amines) is 1. The van der Waals surface area contributed by atoms with E-state index < -0.39 is 0 Å². The van der Waals surface area contributed by atoms with Crippen molar-refractivity contribution in [3.63, 3.8) is 0 Å². The second-order valence-corrected chi connectivity index (χ2v) is 7.50. The Morgan fingerprint density at radius 2 is 1.78 bits per heavy atom. The molecule has 2 heterocycles. The molecule has 1 aliphatic carbocycles. The van der Waals surface area contributed by atoms with Gasteiger partial charge in [0.25, 0.3) is 5.91 Å². The Labute approximate surface area is 140 Å². The molecule has 1 aliphatic heterocycles. The van der Waals surface area contributed by atoms with Crippen molar-refractivity contribution in [3.8, 4) is 0 Å². The molecule has 3 rings (SSSR count). The van der Waals surface area contributed by atoms with Crippen molar-refractivity contribution in [3.05, 3.63) is 24.0 Å². The first-order chi connectivity index (χ1) is 11.1. The van der Waals surface area contributed by atoms with E-state index in [0.717, 1.165) is 12.2 Å². The van der Waals surface area contributed by atoms with Gasteiger partial charge in [0.05, 0.1) is 0 Å². The molecule has 1 aromatic rings. The summed E-state index contributed by atoms with van der Waals surface area (Å²) in [5.74, 6) is 0.152. The van der Waals surface area contributed by atoms with Crippen LogP contribution < -0.4 is 0 Å². The molecule has 0 atom stereocenters. The van der Waals surface area contributed by atoms with Crippen LogP contribution in [0.25, 0.3) is 0 Å². The standard InChI is InChI=1S/C19H31N3O/c1-20-13-9-10-17(20)18(23)21(2)16-19(11-5-3-6-12-19)22-14-7-4-8-15-22/h9-10,13H,3-8,11-12,14-16H2,1-2H3. The summed E-state index contributed by atoms with van der Waals surface area (Å²) in [6.07, 6.45) is 12.4. The summed E-state index contributed by atoms with van der Waals surface area (Å²) in [4.78, 5) is 17.5. The van der Waals surface area contributed by atoms with Crippen LogP contribution in [0.5, 0.6) is 0 Å². The Morgan fingerprint density at radius 1 is 1.13 bits per heavy atom. The Kier molecular flexibility index (Phi) is 5.10. The Hall–Kier alpha value is -1.29. The first-order valence-corrected chi connectivity index (χ1v) is 9.24. The lowest BCUT2D eigenvalue weighted by atomic mass is 9.78. The van der Waals surface area contributed by atoms with Gasteiger partial charge in [-0.2, -0.15) is 0 Å². The predicted octanol–water partition coefficient (Wildman–Crippen LogP) is 3.29. The molecule has 0 N–H and O–H groups in total. The van der Waals surface area contributed by atoms with Gasteiger partial charge in [0, 0.05) is 32.4 Å². The molecular formula is C19H31N3O. The minimum absolute atomic E-state index is 0.152. The summed E-state index contributed by atoms with van der Waals surface area (Å²) in [5, 5.41) is 0. The molecule has 0 aromatic carbocycles. The Morgan fingerprint density at radius 3 is 2.39 bits per heavy atom. The fourth-order valence-corrected chi connectivity index (χ4v) is 4.54. The van der Waals surface area contributed by atoms with Gasteiger partial charge in [0.15, 0.2) is 0 Å². The molecule has 1 amide bonds. The molecule has 128 valence electrons. The average Bonchev–Trinajstić information content (AvgIpc) is 3.02. The molecule has 1 aromatic heterocycles. The number of piperidine rings is 1. The van der Waals surface area contributed by atoms with Gasteiger partial charge in [-0.15, -0.1) is 0 Å². The van der Waals surface area contributed by atoms with Gasteiger partial charge in [-0.3, -0.25) is 9.69 Å². The van der Waals surface area contributed by atoms with Crippen LogP contribution >= 0.6 is 0 Å². The maximum absolute atomic E-state index is 12.8. The predicted molar refractivity (Wildman–Crippen MR) is 93.6 cm³/mol. The number of aromatic nitrogens is 1. The fourth-order valence-electron chi connectivity index (χ4n) is 4.54. The lowest BCUT2D eigenvalue weighted by molar-refractivity contribution is 0.00966. The van der Waals surface area contributed by atoms with Gasteiger partial charge in [-0.05, 0) is 50.9 Å². The molecule has 1 saturated carbocycles. The molecule has 0 spiro atoms. The minimum atomic E-state index is 0.152. The van der Waals surface area contributed by atoms with E-state index in [1.54, 1.807) is 0 Å². The molecule has 23 heavy (non-hydrogen) atoms. The molecule has 0 bridgehead atoms. The molecule has 4 heteroatoms. The molecule has 4 nitrogen and oxygen atoms in total. The monoisotopic (exact) mass is 317 g/mol. The van der Waals surface area contributed by atoms with Crippen LogP contribution in [0.2, 0.25) is 0 Å². The largest absolute Gasteiger partial charge is 0.347 e. The van der Waals surface area contributed by atoms with Crippen molar-refractivity contribution < 1.29 is 4.79 Å². The molecule has 1 saturated heterocycles. The zero-order valence-electron chi connectivity index (χ0n) is 14.8. The van der Waals surface area contributed by atoms with Crippen molar-refractivity contribution in [1.29, 1.82) is 0 Å². The summed E-state index contributed by atoms with van der Waals surface area (Å²) < 4.78 is 1.92. The van der Waals surface area contributed by atoms with E-state index in [1.807, 2.05) is 41.9 Å². The van der Waals surface area contributed by atoms with Crippen LogP contribution in [0.15, 0.2) is 18.3 Å².